The van der Waals surface area contributed by atoms with E-state index < -0.39 is 44.3 Å². The fourth-order valence-corrected chi connectivity index (χ4v) is 3.70. The third-order valence-electron chi connectivity index (χ3n) is 3.29. The van der Waals surface area contributed by atoms with Crippen LogP contribution in [0.4, 0.5) is 13.2 Å². The minimum atomic E-state index is -5.00. The van der Waals surface area contributed by atoms with Crippen LogP contribution >= 0.6 is 0 Å². The Morgan fingerprint density at radius 3 is 2.41 bits per heavy atom. The molecule has 0 saturated carbocycles. The molecule has 6 nitrogen and oxygen atoms in total. The molecule has 0 unspecified atom stereocenters. The van der Waals surface area contributed by atoms with Crippen molar-refractivity contribution >= 4 is 16.0 Å². The lowest BCUT2D eigenvalue weighted by Crippen LogP contribution is -2.30. The van der Waals surface area contributed by atoms with Crippen LogP contribution < -0.4 is 0 Å². The summed E-state index contributed by atoms with van der Waals surface area (Å²) in [6, 6.07) is 1.74. The quantitative estimate of drug-likeness (QED) is 0.862. The summed E-state index contributed by atoms with van der Waals surface area (Å²) in [5.41, 5.74) is -2.55. The van der Waals surface area contributed by atoms with Gasteiger partial charge in [-0.05, 0) is 24.6 Å². The molecule has 0 radical (unpaired) electrons. The molecule has 1 aromatic rings. The number of aromatic carboxylic acids is 1. The number of benzene rings is 1. The van der Waals surface area contributed by atoms with E-state index in [0.29, 0.717) is 12.1 Å². The van der Waals surface area contributed by atoms with Gasteiger partial charge in [0.1, 0.15) is 0 Å². The largest absolute Gasteiger partial charge is 0.478 e. The number of alkyl halides is 3. The predicted octanol–water partition coefficient (Wildman–Crippen LogP) is 1.16. The summed E-state index contributed by atoms with van der Waals surface area (Å²) in [4.78, 5) is 10.2. The molecule has 1 aromatic carbocycles. The SMILES string of the molecule is O=C(O)c1ccc(S(=O)(=O)N2CC[C@@H](O)C2)cc1C(F)(F)F. The number of aliphatic hydroxyl groups excluding tert-OH is 1. The van der Waals surface area contributed by atoms with Crippen LogP contribution in [0.25, 0.3) is 0 Å². The van der Waals surface area contributed by atoms with E-state index >= 15 is 0 Å². The zero-order valence-electron chi connectivity index (χ0n) is 11.0. The molecule has 0 bridgehead atoms. The van der Waals surface area contributed by atoms with E-state index in [4.69, 9.17) is 5.11 Å². The maximum absolute atomic E-state index is 12.9. The maximum Gasteiger partial charge on any atom is 0.417 e. The molecule has 1 aliphatic rings. The highest BCUT2D eigenvalue weighted by molar-refractivity contribution is 7.89. The highest BCUT2D eigenvalue weighted by Gasteiger charge is 2.38. The molecule has 1 fully saturated rings. The Bertz CT molecular complexity index is 701. The number of hydrogen-bond donors (Lipinski definition) is 2. The molecule has 122 valence electrons. The predicted molar refractivity (Wildman–Crippen MR) is 67.8 cm³/mol. The van der Waals surface area contributed by atoms with Crippen molar-refractivity contribution in [2.75, 3.05) is 13.1 Å². The molecule has 1 aliphatic heterocycles. The van der Waals surface area contributed by atoms with Gasteiger partial charge in [-0.25, -0.2) is 13.2 Å². The van der Waals surface area contributed by atoms with Crippen molar-refractivity contribution in [3.05, 3.63) is 29.3 Å². The lowest BCUT2D eigenvalue weighted by molar-refractivity contribution is -0.138. The average Bonchev–Trinajstić information content (AvgIpc) is 2.84. The Morgan fingerprint density at radius 2 is 1.95 bits per heavy atom. The lowest BCUT2D eigenvalue weighted by atomic mass is 10.1. The first-order valence-electron chi connectivity index (χ1n) is 6.16. The van der Waals surface area contributed by atoms with Crippen molar-refractivity contribution in [3.63, 3.8) is 0 Å². The van der Waals surface area contributed by atoms with Gasteiger partial charge in [-0.1, -0.05) is 0 Å². The number of aliphatic hydroxyl groups is 1. The topological polar surface area (TPSA) is 94.9 Å². The first kappa shape index (κ1) is 16.7. The van der Waals surface area contributed by atoms with Gasteiger partial charge < -0.3 is 10.2 Å². The van der Waals surface area contributed by atoms with Gasteiger partial charge >= 0.3 is 12.1 Å². The van der Waals surface area contributed by atoms with E-state index in [-0.39, 0.29) is 19.5 Å². The highest BCUT2D eigenvalue weighted by atomic mass is 32.2. The van der Waals surface area contributed by atoms with E-state index in [9.17, 15) is 31.5 Å². The Labute approximate surface area is 123 Å². The molecule has 10 heteroatoms. The Hall–Kier alpha value is -1.65. The molecule has 22 heavy (non-hydrogen) atoms. The number of rotatable bonds is 3. The number of sulfonamides is 1. The zero-order chi connectivity index (χ0) is 16.7. The summed E-state index contributed by atoms with van der Waals surface area (Å²) in [6.07, 6.45) is -5.67. The van der Waals surface area contributed by atoms with Gasteiger partial charge in [0, 0.05) is 13.1 Å². The Kier molecular flexibility index (Phi) is 4.20. The number of carboxylic acid groups (broad SMARTS) is 1. The van der Waals surface area contributed by atoms with Gasteiger partial charge in [-0.2, -0.15) is 17.5 Å². The number of nitrogens with zero attached hydrogens (tertiary/aromatic N) is 1. The van der Waals surface area contributed by atoms with E-state index in [2.05, 4.69) is 0 Å². The average molecular weight is 339 g/mol. The second kappa shape index (κ2) is 5.52. The number of carbonyl (C=O) groups is 1. The van der Waals surface area contributed by atoms with E-state index in [1.807, 2.05) is 0 Å². The standard InChI is InChI=1S/C12H12F3NO5S/c13-12(14,15)10-5-8(1-2-9(10)11(18)19)22(20,21)16-4-3-7(17)6-16/h1-2,5,7,17H,3-4,6H2,(H,18,19)/t7-/m1/s1. The van der Waals surface area contributed by atoms with Crippen LogP contribution in [0.15, 0.2) is 23.1 Å². The van der Waals surface area contributed by atoms with Crippen LogP contribution in [0.5, 0.6) is 0 Å². The van der Waals surface area contributed by atoms with Crippen molar-refractivity contribution in [3.8, 4) is 0 Å². The Balaban J connectivity index is 2.51. The molecule has 1 atom stereocenters. The van der Waals surface area contributed by atoms with Crippen LogP contribution in [0.2, 0.25) is 0 Å². The minimum Gasteiger partial charge on any atom is -0.478 e. The van der Waals surface area contributed by atoms with Gasteiger partial charge in [0.2, 0.25) is 10.0 Å². The van der Waals surface area contributed by atoms with E-state index in [1.54, 1.807) is 0 Å². The van der Waals surface area contributed by atoms with Gasteiger partial charge in [-0.3, -0.25) is 0 Å². The molecular weight excluding hydrogens is 327 g/mol. The summed E-state index contributed by atoms with van der Waals surface area (Å²) in [5, 5.41) is 18.1. The van der Waals surface area contributed by atoms with Crippen LogP contribution in [0.3, 0.4) is 0 Å². The number of carboxylic acids is 1. The zero-order valence-corrected chi connectivity index (χ0v) is 11.9. The molecule has 2 N–H and O–H groups in total. The van der Waals surface area contributed by atoms with Gasteiger partial charge in [0.25, 0.3) is 0 Å². The molecular formula is C12H12F3NO5S. The summed E-state index contributed by atoms with van der Waals surface area (Å²) < 4.78 is 64.1. The van der Waals surface area contributed by atoms with Crippen LogP contribution in [0.1, 0.15) is 22.3 Å². The van der Waals surface area contributed by atoms with Crippen molar-refractivity contribution < 1.29 is 36.6 Å². The number of hydrogen-bond acceptors (Lipinski definition) is 4. The highest BCUT2D eigenvalue weighted by Crippen LogP contribution is 2.34. The fourth-order valence-electron chi connectivity index (χ4n) is 2.18. The lowest BCUT2D eigenvalue weighted by Gasteiger charge is -2.17. The molecule has 2 rings (SSSR count). The third-order valence-corrected chi connectivity index (χ3v) is 5.15. The summed E-state index contributed by atoms with van der Waals surface area (Å²) in [7, 11) is -4.22. The fraction of sp³-hybridized carbons (Fsp3) is 0.417. The van der Waals surface area contributed by atoms with Crippen molar-refractivity contribution in [1.29, 1.82) is 0 Å². The third kappa shape index (κ3) is 3.08. The molecule has 0 aliphatic carbocycles. The van der Waals surface area contributed by atoms with Crippen LogP contribution in [-0.4, -0.2) is 48.1 Å². The van der Waals surface area contributed by atoms with E-state index in [0.717, 1.165) is 10.4 Å². The number of halogens is 3. The van der Waals surface area contributed by atoms with Crippen molar-refractivity contribution in [2.24, 2.45) is 0 Å². The number of β-amino-alcohol motifs (C(OH)–C–C–N with tert-alkyl or cyclic N) is 1. The minimum absolute atomic E-state index is 0.00840. The summed E-state index contributed by atoms with van der Waals surface area (Å²) in [6.45, 7) is -0.212. The maximum atomic E-state index is 12.9. The normalized spacial score (nSPS) is 20.3. The van der Waals surface area contributed by atoms with E-state index in [1.165, 1.54) is 0 Å². The van der Waals surface area contributed by atoms with Crippen LogP contribution in [-0.2, 0) is 16.2 Å². The van der Waals surface area contributed by atoms with Gasteiger partial charge in [-0.15, -0.1) is 0 Å². The summed E-state index contributed by atoms with van der Waals surface area (Å²) >= 11 is 0. The summed E-state index contributed by atoms with van der Waals surface area (Å²) in [5.74, 6) is -1.80. The van der Waals surface area contributed by atoms with Crippen molar-refractivity contribution in [1.82, 2.24) is 4.31 Å². The van der Waals surface area contributed by atoms with Crippen LogP contribution in [0, 0.1) is 0 Å². The first-order chi connectivity index (χ1) is 10.0. The molecule has 0 amide bonds. The van der Waals surface area contributed by atoms with Gasteiger partial charge in [0.05, 0.1) is 22.1 Å². The first-order valence-corrected chi connectivity index (χ1v) is 7.60. The molecule has 1 saturated heterocycles. The monoisotopic (exact) mass is 339 g/mol. The molecule has 0 spiro atoms. The van der Waals surface area contributed by atoms with Gasteiger partial charge in [0.15, 0.2) is 0 Å². The smallest absolute Gasteiger partial charge is 0.417 e. The molecule has 0 aromatic heterocycles. The van der Waals surface area contributed by atoms with Crippen molar-refractivity contribution in [2.45, 2.75) is 23.6 Å². The second-order valence-corrected chi connectivity index (χ2v) is 6.75. The Morgan fingerprint density at radius 1 is 1.32 bits per heavy atom. The molecule has 1 heterocycles. The second-order valence-electron chi connectivity index (χ2n) is 4.82.